The second kappa shape index (κ2) is 4.40. The SMILES string of the molecule is O=[N+]([O-])c1ccc(Cl)c2c1Cc1cnccc1S2=O. The van der Waals surface area contributed by atoms with Crippen LogP contribution >= 0.6 is 11.6 Å². The van der Waals surface area contributed by atoms with Crippen LogP contribution in [0.3, 0.4) is 0 Å². The molecule has 0 spiro atoms. The van der Waals surface area contributed by atoms with Gasteiger partial charge in [-0.3, -0.25) is 15.1 Å². The molecule has 2 heterocycles. The molecular formula is C12H7ClN2O3S. The summed E-state index contributed by atoms with van der Waals surface area (Å²) in [5, 5.41) is 11.3. The van der Waals surface area contributed by atoms with Crippen molar-refractivity contribution in [1.82, 2.24) is 4.98 Å². The highest BCUT2D eigenvalue weighted by Gasteiger charge is 2.30. The lowest BCUT2D eigenvalue weighted by Crippen LogP contribution is -2.12. The Hall–Kier alpha value is -1.79. The zero-order chi connectivity index (χ0) is 13.6. The topological polar surface area (TPSA) is 73.1 Å². The Kier molecular flexibility index (Phi) is 2.83. The molecule has 3 rings (SSSR count). The molecular weight excluding hydrogens is 288 g/mol. The third kappa shape index (κ3) is 1.84. The molecule has 1 aliphatic rings. The summed E-state index contributed by atoms with van der Waals surface area (Å²) in [6, 6.07) is 4.42. The number of pyridine rings is 1. The molecule has 1 atom stereocenters. The fourth-order valence-electron chi connectivity index (χ4n) is 2.16. The van der Waals surface area contributed by atoms with E-state index in [4.69, 9.17) is 11.6 Å². The minimum Gasteiger partial charge on any atom is -0.264 e. The van der Waals surface area contributed by atoms with Crippen molar-refractivity contribution in [2.45, 2.75) is 16.2 Å². The predicted molar refractivity (Wildman–Crippen MR) is 69.8 cm³/mol. The van der Waals surface area contributed by atoms with Gasteiger partial charge in [0.2, 0.25) is 0 Å². The number of nitro groups is 1. The maximum atomic E-state index is 12.5. The molecule has 0 N–H and O–H groups in total. The summed E-state index contributed by atoms with van der Waals surface area (Å²) in [7, 11) is -1.50. The number of nitro benzene ring substituents is 1. The van der Waals surface area contributed by atoms with Gasteiger partial charge in [-0.05, 0) is 17.7 Å². The number of hydrogen-bond acceptors (Lipinski definition) is 4. The number of benzene rings is 1. The van der Waals surface area contributed by atoms with Crippen molar-refractivity contribution in [1.29, 1.82) is 0 Å². The number of rotatable bonds is 1. The molecule has 1 aromatic heterocycles. The molecule has 7 heteroatoms. The van der Waals surface area contributed by atoms with E-state index in [1.54, 1.807) is 18.5 Å². The van der Waals surface area contributed by atoms with Crippen LogP contribution in [0.4, 0.5) is 5.69 Å². The molecule has 5 nitrogen and oxygen atoms in total. The first-order valence-electron chi connectivity index (χ1n) is 5.40. The lowest BCUT2D eigenvalue weighted by atomic mass is 10.0. The van der Waals surface area contributed by atoms with Crippen molar-refractivity contribution >= 4 is 28.1 Å². The first-order valence-corrected chi connectivity index (χ1v) is 6.93. The van der Waals surface area contributed by atoms with Gasteiger partial charge in [0.25, 0.3) is 5.69 Å². The van der Waals surface area contributed by atoms with Crippen LogP contribution in [-0.2, 0) is 17.2 Å². The molecule has 1 unspecified atom stereocenters. The molecule has 19 heavy (non-hydrogen) atoms. The smallest absolute Gasteiger partial charge is 0.264 e. The van der Waals surface area contributed by atoms with Crippen LogP contribution in [0, 0.1) is 10.1 Å². The van der Waals surface area contributed by atoms with Gasteiger partial charge in [0.15, 0.2) is 0 Å². The van der Waals surface area contributed by atoms with E-state index in [1.165, 1.54) is 12.1 Å². The van der Waals surface area contributed by atoms with Crippen molar-refractivity contribution in [3.63, 3.8) is 0 Å². The molecule has 0 fully saturated rings. The fraction of sp³-hybridized carbons (Fsp3) is 0.0833. The zero-order valence-electron chi connectivity index (χ0n) is 9.50. The summed E-state index contributed by atoms with van der Waals surface area (Å²) >= 11 is 6.05. The monoisotopic (exact) mass is 294 g/mol. The number of aromatic nitrogens is 1. The lowest BCUT2D eigenvalue weighted by Gasteiger charge is -2.19. The van der Waals surface area contributed by atoms with E-state index in [-0.39, 0.29) is 5.69 Å². The van der Waals surface area contributed by atoms with Crippen LogP contribution in [-0.4, -0.2) is 14.1 Å². The average Bonchev–Trinajstić information content (AvgIpc) is 2.38. The van der Waals surface area contributed by atoms with Crippen molar-refractivity contribution in [3.05, 3.63) is 56.9 Å². The molecule has 0 aliphatic carbocycles. The van der Waals surface area contributed by atoms with Gasteiger partial charge in [-0.2, -0.15) is 0 Å². The average molecular weight is 295 g/mol. The van der Waals surface area contributed by atoms with Gasteiger partial charge >= 0.3 is 0 Å². The van der Waals surface area contributed by atoms with Crippen LogP contribution in [0.15, 0.2) is 40.4 Å². The van der Waals surface area contributed by atoms with Gasteiger partial charge in [0, 0.05) is 24.9 Å². The number of hydrogen-bond donors (Lipinski definition) is 0. The number of nitrogens with zero attached hydrogens (tertiary/aromatic N) is 2. The quantitative estimate of drug-likeness (QED) is 0.511. The lowest BCUT2D eigenvalue weighted by molar-refractivity contribution is -0.385. The highest BCUT2D eigenvalue weighted by molar-refractivity contribution is 7.85. The molecule has 0 saturated carbocycles. The van der Waals surface area contributed by atoms with Crippen molar-refractivity contribution < 1.29 is 9.13 Å². The van der Waals surface area contributed by atoms with Crippen LogP contribution in [0.2, 0.25) is 5.02 Å². The van der Waals surface area contributed by atoms with Crippen LogP contribution in [0.5, 0.6) is 0 Å². The standard InChI is InChI=1S/C12H7ClN2O3S/c13-9-1-2-10(15(16)17)8-5-7-6-14-4-3-11(7)19(18)12(8)9/h1-4,6H,5H2. The second-order valence-corrected chi connectivity index (χ2v) is 5.85. The summed E-state index contributed by atoms with van der Waals surface area (Å²) < 4.78 is 12.5. The number of fused-ring (bicyclic) bond motifs is 2. The van der Waals surface area contributed by atoms with E-state index in [0.717, 1.165) is 5.56 Å². The maximum Gasteiger partial charge on any atom is 0.274 e. The van der Waals surface area contributed by atoms with Gasteiger partial charge in [0.05, 0.1) is 36.1 Å². The molecule has 0 radical (unpaired) electrons. The summed E-state index contributed by atoms with van der Waals surface area (Å²) in [6.45, 7) is 0. The molecule has 2 aromatic rings. The minimum absolute atomic E-state index is 0.0535. The first-order chi connectivity index (χ1) is 9.09. The molecule has 1 aliphatic heterocycles. The van der Waals surface area contributed by atoms with Crippen molar-refractivity contribution in [2.24, 2.45) is 0 Å². The normalized spacial score (nSPS) is 16.6. The predicted octanol–water partition coefficient (Wildman–Crippen LogP) is 2.71. The first kappa shape index (κ1) is 12.3. The Bertz CT molecular complexity index is 733. The van der Waals surface area contributed by atoms with E-state index in [1.807, 2.05) is 0 Å². The summed E-state index contributed by atoms with van der Waals surface area (Å²) in [6.07, 6.45) is 3.45. The van der Waals surface area contributed by atoms with Crippen LogP contribution in [0.25, 0.3) is 0 Å². The molecule has 0 bridgehead atoms. The Morgan fingerprint density at radius 2 is 2.16 bits per heavy atom. The zero-order valence-corrected chi connectivity index (χ0v) is 11.1. The largest absolute Gasteiger partial charge is 0.274 e. The van der Waals surface area contributed by atoms with Gasteiger partial charge in [0.1, 0.15) is 0 Å². The van der Waals surface area contributed by atoms with E-state index in [9.17, 15) is 14.3 Å². The van der Waals surface area contributed by atoms with Crippen molar-refractivity contribution in [3.8, 4) is 0 Å². The molecule has 0 saturated heterocycles. The third-order valence-electron chi connectivity index (χ3n) is 3.00. The molecule has 1 aromatic carbocycles. The Balaban J connectivity index is 2.30. The Morgan fingerprint density at radius 3 is 2.89 bits per heavy atom. The fourth-order valence-corrected chi connectivity index (χ4v) is 3.96. The van der Waals surface area contributed by atoms with E-state index in [0.29, 0.717) is 26.8 Å². The van der Waals surface area contributed by atoms with Crippen LogP contribution in [0.1, 0.15) is 11.1 Å². The third-order valence-corrected chi connectivity index (χ3v) is 5.06. The molecule has 96 valence electrons. The van der Waals surface area contributed by atoms with Gasteiger partial charge < -0.3 is 0 Å². The summed E-state index contributed by atoms with van der Waals surface area (Å²) in [5.41, 5.74) is 1.09. The summed E-state index contributed by atoms with van der Waals surface area (Å²) in [4.78, 5) is 15.5. The minimum atomic E-state index is -1.50. The number of halogens is 1. The maximum absolute atomic E-state index is 12.5. The highest BCUT2D eigenvalue weighted by Crippen LogP contribution is 2.39. The molecule has 0 amide bonds. The summed E-state index contributed by atoms with van der Waals surface area (Å²) in [5.74, 6) is 0. The van der Waals surface area contributed by atoms with Gasteiger partial charge in [-0.1, -0.05) is 11.6 Å². The van der Waals surface area contributed by atoms with E-state index >= 15 is 0 Å². The Labute approximate surface area is 115 Å². The van der Waals surface area contributed by atoms with Gasteiger partial charge in [-0.25, -0.2) is 4.21 Å². The van der Waals surface area contributed by atoms with E-state index < -0.39 is 15.7 Å². The van der Waals surface area contributed by atoms with E-state index in [2.05, 4.69) is 4.98 Å². The Morgan fingerprint density at radius 1 is 1.37 bits per heavy atom. The van der Waals surface area contributed by atoms with Crippen molar-refractivity contribution in [2.75, 3.05) is 0 Å². The second-order valence-electron chi connectivity index (χ2n) is 4.06. The highest BCUT2D eigenvalue weighted by atomic mass is 35.5. The van der Waals surface area contributed by atoms with Gasteiger partial charge in [-0.15, -0.1) is 0 Å². The van der Waals surface area contributed by atoms with Crippen LogP contribution < -0.4 is 0 Å².